The molecule has 2 aromatic rings. The van der Waals surface area contributed by atoms with Crippen molar-refractivity contribution in [1.82, 2.24) is 20.4 Å². The normalized spacial score (nSPS) is 19.1. The molecular formula is C24H31F3N4O5S2. The number of epoxide rings is 1. The summed E-state index contributed by atoms with van der Waals surface area (Å²) in [5.41, 5.74) is 1.09. The molecule has 9 nitrogen and oxygen atoms in total. The lowest BCUT2D eigenvalue weighted by Gasteiger charge is -2.32. The first kappa shape index (κ1) is 28.7. The van der Waals surface area contributed by atoms with E-state index in [9.17, 15) is 26.4 Å². The molecule has 0 spiro atoms. The number of alkyl halides is 3. The van der Waals surface area contributed by atoms with Crippen molar-refractivity contribution in [3.63, 3.8) is 0 Å². The summed E-state index contributed by atoms with van der Waals surface area (Å²) in [4.78, 5) is 13.7. The summed E-state index contributed by atoms with van der Waals surface area (Å²) in [6.45, 7) is 6.42. The van der Waals surface area contributed by atoms with Crippen LogP contribution in [0.5, 0.6) is 0 Å². The first-order valence-electron chi connectivity index (χ1n) is 12.1. The second-order valence-corrected chi connectivity index (χ2v) is 13.6. The monoisotopic (exact) mass is 576 g/mol. The summed E-state index contributed by atoms with van der Waals surface area (Å²) in [5.74, 6) is 0.190. The molecule has 3 heterocycles. The van der Waals surface area contributed by atoms with Crippen LogP contribution in [0, 0.1) is 0 Å². The lowest BCUT2D eigenvalue weighted by molar-refractivity contribution is -0.139. The first-order valence-corrected chi connectivity index (χ1v) is 15.0. The van der Waals surface area contributed by atoms with Gasteiger partial charge in [0.1, 0.15) is 17.1 Å². The van der Waals surface area contributed by atoms with E-state index in [1.54, 1.807) is 20.8 Å². The third kappa shape index (κ3) is 7.01. The Hall–Kier alpha value is -2.29. The summed E-state index contributed by atoms with van der Waals surface area (Å²) in [6.07, 6.45) is -3.87. The number of nitrogens with zero attached hydrogens (tertiary/aromatic N) is 2. The first-order chi connectivity index (χ1) is 17.6. The number of alkyl carbamates (subject to hydrolysis) is 1. The molecule has 1 aromatic heterocycles. The van der Waals surface area contributed by atoms with Crippen molar-refractivity contribution < 1.29 is 35.9 Å². The van der Waals surface area contributed by atoms with Crippen molar-refractivity contribution in [3.8, 4) is 11.3 Å². The van der Waals surface area contributed by atoms with Gasteiger partial charge in [-0.2, -0.15) is 18.3 Å². The number of H-pyrrole nitrogens is 1. The molecule has 1 saturated heterocycles. The van der Waals surface area contributed by atoms with Crippen molar-refractivity contribution in [2.24, 2.45) is 0 Å². The highest BCUT2D eigenvalue weighted by Gasteiger charge is 2.44. The maximum atomic E-state index is 13.8. The van der Waals surface area contributed by atoms with Crippen LogP contribution in [0.25, 0.3) is 11.3 Å². The van der Waals surface area contributed by atoms with Crippen molar-refractivity contribution in [1.29, 1.82) is 0 Å². The van der Waals surface area contributed by atoms with Crippen molar-refractivity contribution in [2.75, 3.05) is 31.7 Å². The molecule has 0 saturated carbocycles. The molecule has 0 radical (unpaired) electrons. The largest absolute Gasteiger partial charge is 0.444 e. The van der Waals surface area contributed by atoms with Crippen LogP contribution < -0.4 is 5.32 Å². The molecule has 210 valence electrons. The number of aromatic amines is 1. The van der Waals surface area contributed by atoms with Crippen LogP contribution in [0.1, 0.15) is 37.6 Å². The molecule has 2 aliphatic rings. The Balaban J connectivity index is 1.54. The van der Waals surface area contributed by atoms with Crippen molar-refractivity contribution in [2.45, 2.75) is 61.9 Å². The summed E-state index contributed by atoms with van der Waals surface area (Å²) in [7, 11) is -3.42. The van der Waals surface area contributed by atoms with Gasteiger partial charge in [0.2, 0.25) is 0 Å². The van der Waals surface area contributed by atoms with Gasteiger partial charge in [-0.15, -0.1) is 11.8 Å². The second-order valence-electron chi connectivity index (χ2n) is 10.3. The zero-order valence-corrected chi connectivity index (χ0v) is 23.1. The van der Waals surface area contributed by atoms with E-state index in [4.69, 9.17) is 9.47 Å². The van der Waals surface area contributed by atoms with Gasteiger partial charge < -0.3 is 14.8 Å². The van der Waals surface area contributed by atoms with Crippen LogP contribution in [-0.4, -0.2) is 78.4 Å². The highest BCUT2D eigenvalue weighted by molar-refractivity contribution is 7.99. The second kappa shape index (κ2) is 10.7. The Labute approximate surface area is 223 Å². The topological polar surface area (TPSA) is 117 Å². The Morgan fingerprint density at radius 2 is 2.05 bits per heavy atom. The minimum Gasteiger partial charge on any atom is -0.444 e. The molecule has 4 rings (SSSR count). The van der Waals surface area contributed by atoms with Crippen LogP contribution in [0.3, 0.4) is 0 Å². The van der Waals surface area contributed by atoms with Crippen molar-refractivity contribution >= 4 is 27.7 Å². The fraction of sp³-hybridized carbons (Fsp3) is 0.583. The van der Waals surface area contributed by atoms with Gasteiger partial charge in [0.25, 0.3) is 0 Å². The molecule has 0 bridgehead atoms. The Morgan fingerprint density at radius 1 is 1.34 bits per heavy atom. The molecule has 0 aliphatic carbocycles. The molecule has 38 heavy (non-hydrogen) atoms. The lowest BCUT2D eigenvalue weighted by Crippen LogP contribution is -2.46. The summed E-state index contributed by atoms with van der Waals surface area (Å²) in [5, 5.41) is 9.11. The van der Waals surface area contributed by atoms with Crippen LogP contribution in [0.15, 0.2) is 23.1 Å². The maximum absolute atomic E-state index is 13.8. The molecular weight excluding hydrogens is 545 g/mol. The molecule has 1 aromatic carbocycles. The minimum atomic E-state index is -4.56. The van der Waals surface area contributed by atoms with E-state index in [2.05, 4.69) is 15.5 Å². The Bertz CT molecular complexity index is 1290. The van der Waals surface area contributed by atoms with E-state index in [0.717, 1.165) is 29.1 Å². The van der Waals surface area contributed by atoms with E-state index in [-0.39, 0.29) is 29.8 Å². The fourth-order valence-corrected chi connectivity index (χ4v) is 6.83. The number of nitrogens with one attached hydrogen (secondary N) is 2. The van der Waals surface area contributed by atoms with Gasteiger partial charge in [-0.05, 0) is 32.9 Å². The van der Waals surface area contributed by atoms with Gasteiger partial charge in [0.15, 0.2) is 9.84 Å². The van der Waals surface area contributed by atoms with E-state index < -0.39 is 38.6 Å². The van der Waals surface area contributed by atoms with Crippen LogP contribution in [0.2, 0.25) is 0 Å². The van der Waals surface area contributed by atoms with Gasteiger partial charge in [0.05, 0.1) is 17.9 Å². The number of amides is 1. The van der Waals surface area contributed by atoms with E-state index >= 15 is 0 Å². The van der Waals surface area contributed by atoms with E-state index in [0.29, 0.717) is 30.8 Å². The molecule has 2 unspecified atom stereocenters. The average molecular weight is 577 g/mol. The van der Waals surface area contributed by atoms with Gasteiger partial charge in [-0.25, -0.2) is 13.2 Å². The molecule has 1 amide bonds. The zero-order valence-electron chi connectivity index (χ0n) is 21.5. The third-order valence-electron chi connectivity index (χ3n) is 6.03. The van der Waals surface area contributed by atoms with Crippen LogP contribution in [0.4, 0.5) is 18.0 Å². The summed E-state index contributed by atoms with van der Waals surface area (Å²) in [6, 6.07) is 3.84. The number of aromatic nitrogens is 2. The Morgan fingerprint density at radius 3 is 2.66 bits per heavy atom. The zero-order chi connectivity index (χ0) is 27.9. The molecule has 14 heteroatoms. The van der Waals surface area contributed by atoms with Crippen LogP contribution in [-0.2, 0) is 38.5 Å². The number of sulfone groups is 1. The van der Waals surface area contributed by atoms with E-state index in [1.165, 1.54) is 18.4 Å². The number of carbonyl (C=O) groups excluding carboxylic acids is 1. The van der Waals surface area contributed by atoms with Gasteiger partial charge in [-0.1, -0.05) is 6.07 Å². The average Bonchev–Trinajstić information content (AvgIpc) is 3.51. The standard InChI is InChI=1S/C24H31F3N4O5S2/c1-23(2,3)36-22(32)28-8-10-37-19-11-14(5-6-16(19)24(25,26)27)20-15-12-31(9-7-17(15)29-30-20)21(18-13-35-18)38(4,33)34/h5-6,11,18,21H,7-10,12-13H2,1-4H3,(H,28,32)(H,29,30). The molecule has 2 atom stereocenters. The molecule has 2 N–H and O–H groups in total. The number of ether oxygens (including phenoxy) is 2. The number of hydrogen-bond donors (Lipinski definition) is 2. The maximum Gasteiger partial charge on any atom is 0.417 e. The smallest absolute Gasteiger partial charge is 0.417 e. The predicted octanol–water partition coefficient (Wildman–Crippen LogP) is 3.84. The number of carbonyl (C=O) groups is 1. The summed E-state index contributed by atoms with van der Waals surface area (Å²) < 4.78 is 76.6. The van der Waals surface area contributed by atoms with Gasteiger partial charge in [-0.3, -0.25) is 10.00 Å². The van der Waals surface area contributed by atoms with Crippen LogP contribution >= 0.6 is 11.8 Å². The fourth-order valence-electron chi connectivity index (χ4n) is 4.43. The Kier molecular flexibility index (Phi) is 8.09. The number of thioether (sulfide) groups is 1. The van der Waals surface area contributed by atoms with E-state index in [1.807, 2.05) is 4.90 Å². The van der Waals surface area contributed by atoms with Crippen molar-refractivity contribution in [3.05, 3.63) is 35.0 Å². The number of rotatable bonds is 8. The quantitative estimate of drug-likeness (QED) is 0.277. The van der Waals surface area contributed by atoms with Gasteiger partial charge >= 0.3 is 12.3 Å². The highest BCUT2D eigenvalue weighted by atomic mass is 32.2. The lowest BCUT2D eigenvalue weighted by atomic mass is 10.00. The van der Waals surface area contributed by atoms with Gasteiger partial charge in [0, 0.05) is 59.8 Å². The number of fused-ring (bicyclic) bond motifs is 1. The predicted molar refractivity (Wildman–Crippen MR) is 136 cm³/mol. The highest BCUT2D eigenvalue weighted by Crippen LogP contribution is 2.40. The third-order valence-corrected chi connectivity index (χ3v) is 8.56. The minimum absolute atomic E-state index is 0.00537. The summed E-state index contributed by atoms with van der Waals surface area (Å²) >= 11 is 0.969. The number of benzene rings is 1. The number of hydrogen-bond acceptors (Lipinski definition) is 8. The molecule has 2 aliphatic heterocycles. The number of halogens is 3. The SMILES string of the molecule is CC(C)(C)OC(=O)NCCSc1cc(-c2n[nH]c3c2CN(C(C2CO2)S(C)(=O)=O)CC3)ccc1C(F)(F)F. The molecule has 1 fully saturated rings.